The van der Waals surface area contributed by atoms with Crippen LogP contribution in [0, 0.1) is 0 Å². The predicted molar refractivity (Wildman–Crippen MR) is 66.3 cm³/mol. The molecule has 0 fully saturated rings. The lowest BCUT2D eigenvalue weighted by molar-refractivity contribution is -0.139. The molecule has 0 unspecified atom stereocenters. The fraction of sp³-hybridized carbons (Fsp3) is 0.300. The Morgan fingerprint density at radius 2 is 2.29 bits per heavy atom. The molecule has 0 amide bonds. The van der Waals surface area contributed by atoms with Gasteiger partial charge in [-0.05, 0) is 28.9 Å². The summed E-state index contributed by atoms with van der Waals surface area (Å²) in [4.78, 5) is 26.1. The summed E-state index contributed by atoms with van der Waals surface area (Å²) in [5.74, 6) is -1.42. The van der Waals surface area contributed by atoms with Crippen LogP contribution in [0.4, 0.5) is 0 Å². The van der Waals surface area contributed by atoms with E-state index in [2.05, 4.69) is 20.9 Å². The molecule has 17 heavy (non-hydrogen) atoms. The van der Waals surface area contributed by atoms with Crippen molar-refractivity contribution in [1.82, 2.24) is 4.98 Å². The molecule has 7 heteroatoms. The van der Waals surface area contributed by atoms with Gasteiger partial charge in [-0.25, -0.2) is 9.78 Å². The van der Waals surface area contributed by atoms with Crippen molar-refractivity contribution in [1.29, 1.82) is 0 Å². The molecule has 5 nitrogen and oxygen atoms in total. The van der Waals surface area contributed by atoms with Crippen LogP contribution < -0.4 is 0 Å². The number of ether oxygens (including phenoxy) is 1. The lowest BCUT2D eigenvalue weighted by Gasteiger charge is -2.05. The number of rotatable bonds is 5. The van der Waals surface area contributed by atoms with E-state index in [0.717, 1.165) is 11.8 Å². The van der Waals surface area contributed by atoms with Gasteiger partial charge in [0.2, 0.25) is 0 Å². The van der Waals surface area contributed by atoms with Crippen LogP contribution in [-0.2, 0) is 9.53 Å². The number of pyridine rings is 1. The number of halogens is 1. The molecule has 0 spiro atoms. The second kappa shape index (κ2) is 6.61. The predicted octanol–water partition coefficient (Wildman–Crippen LogP) is 2.20. The Bertz CT molecular complexity index is 438. The summed E-state index contributed by atoms with van der Waals surface area (Å²) in [5, 5.41) is 9.27. The van der Waals surface area contributed by atoms with Crippen LogP contribution in [0.25, 0.3) is 0 Å². The van der Waals surface area contributed by atoms with E-state index in [-0.39, 0.29) is 11.3 Å². The van der Waals surface area contributed by atoms with Gasteiger partial charge in [0.1, 0.15) is 5.03 Å². The monoisotopic (exact) mass is 319 g/mol. The fourth-order valence-corrected chi connectivity index (χ4v) is 2.12. The van der Waals surface area contributed by atoms with Crippen LogP contribution >= 0.6 is 27.7 Å². The number of hydrogen-bond acceptors (Lipinski definition) is 5. The highest BCUT2D eigenvalue weighted by Gasteiger charge is 2.14. The van der Waals surface area contributed by atoms with Gasteiger partial charge in [0, 0.05) is 10.7 Å². The summed E-state index contributed by atoms with van der Waals surface area (Å²) >= 11 is 4.19. The number of esters is 1. The maximum Gasteiger partial charge on any atom is 0.338 e. The molecule has 1 aromatic rings. The molecule has 1 heterocycles. The number of aromatic carboxylic acids is 1. The first kappa shape index (κ1) is 14.0. The molecule has 1 N–H and O–H groups in total. The zero-order chi connectivity index (χ0) is 12.8. The van der Waals surface area contributed by atoms with Crippen LogP contribution in [0.5, 0.6) is 0 Å². The minimum atomic E-state index is -1.08. The molecule has 0 aromatic carbocycles. The quantitative estimate of drug-likeness (QED) is 0.662. The molecule has 0 radical (unpaired) electrons. The zero-order valence-electron chi connectivity index (χ0n) is 8.97. The minimum absolute atomic E-state index is 0.0444. The van der Waals surface area contributed by atoms with E-state index in [1.807, 2.05) is 0 Å². The van der Waals surface area contributed by atoms with Crippen molar-refractivity contribution >= 4 is 39.6 Å². The van der Waals surface area contributed by atoms with E-state index in [4.69, 9.17) is 9.84 Å². The SMILES string of the molecule is CCOC(=O)CSc1ncc(Br)cc1C(=O)O. The van der Waals surface area contributed by atoms with Crippen LogP contribution in [0.1, 0.15) is 17.3 Å². The Kier molecular flexibility index (Phi) is 5.43. The Morgan fingerprint density at radius 1 is 1.59 bits per heavy atom. The van der Waals surface area contributed by atoms with Gasteiger partial charge in [-0.1, -0.05) is 11.8 Å². The summed E-state index contributed by atoms with van der Waals surface area (Å²) in [6, 6.07) is 1.45. The van der Waals surface area contributed by atoms with Crippen molar-refractivity contribution in [2.24, 2.45) is 0 Å². The molecule has 0 atom stereocenters. The molecule has 0 aliphatic heterocycles. The van der Waals surface area contributed by atoms with Crippen molar-refractivity contribution in [3.8, 4) is 0 Å². The largest absolute Gasteiger partial charge is 0.478 e. The topological polar surface area (TPSA) is 76.5 Å². The lowest BCUT2D eigenvalue weighted by atomic mass is 10.3. The Balaban J connectivity index is 2.77. The van der Waals surface area contributed by atoms with Crippen molar-refractivity contribution in [2.45, 2.75) is 11.9 Å². The highest BCUT2D eigenvalue weighted by atomic mass is 79.9. The van der Waals surface area contributed by atoms with Gasteiger partial charge in [-0.3, -0.25) is 4.79 Å². The molecular weight excluding hydrogens is 310 g/mol. The van der Waals surface area contributed by atoms with Crippen molar-refractivity contribution in [2.75, 3.05) is 12.4 Å². The zero-order valence-corrected chi connectivity index (χ0v) is 11.4. The number of thioether (sulfide) groups is 1. The van der Waals surface area contributed by atoms with Gasteiger partial charge in [-0.2, -0.15) is 0 Å². The first-order valence-corrected chi connectivity index (χ1v) is 6.49. The van der Waals surface area contributed by atoms with Crippen molar-refractivity contribution in [3.05, 3.63) is 22.3 Å². The molecule has 0 aliphatic carbocycles. The molecule has 0 bridgehead atoms. The van der Waals surface area contributed by atoms with Gasteiger partial charge < -0.3 is 9.84 Å². The summed E-state index contributed by atoms with van der Waals surface area (Å²) in [6.07, 6.45) is 1.49. The number of carboxylic acid groups (broad SMARTS) is 1. The lowest BCUT2D eigenvalue weighted by Crippen LogP contribution is -2.08. The number of carboxylic acids is 1. The second-order valence-electron chi connectivity index (χ2n) is 2.91. The van der Waals surface area contributed by atoms with Crippen LogP contribution in [0.3, 0.4) is 0 Å². The van der Waals surface area contributed by atoms with Gasteiger partial charge in [0.25, 0.3) is 0 Å². The molecule has 1 aromatic heterocycles. The number of aromatic nitrogens is 1. The Hall–Kier alpha value is -1.08. The van der Waals surface area contributed by atoms with E-state index < -0.39 is 11.9 Å². The average molecular weight is 320 g/mol. The average Bonchev–Trinajstić information content (AvgIpc) is 2.27. The highest BCUT2D eigenvalue weighted by molar-refractivity contribution is 9.10. The smallest absolute Gasteiger partial charge is 0.338 e. The van der Waals surface area contributed by atoms with E-state index in [1.54, 1.807) is 6.92 Å². The molecule has 0 aliphatic rings. The number of nitrogens with zero attached hydrogens (tertiary/aromatic N) is 1. The molecule has 0 saturated carbocycles. The van der Waals surface area contributed by atoms with Crippen LogP contribution in [0.15, 0.2) is 21.8 Å². The highest BCUT2D eigenvalue weighted by Crippen LogP contribution is 2.23. The minimum Gasteiger partial charge on any atom is -0.478 e. The molecular formula is C10H10BrNO4S. The van der Waals surface area contributed by atoms with Crippen LogP contribution in [0.2, 0.25) is 0 Å². The maximum atomic E-state index is 11.1. The van der Waals surface area contributed by atoms with Crippen molar-refractivity contribution in [3.63, 3.8) is 0 Å². The van der Waals surface area contributed by atoms with E-state index >= 15 is 0 Å². The fourth-order valence-electron chi connectivity index (χ4n) is 1.02. The van der Waals surface area contributed by atoms with Gasteiger partial charge >= 0.3 is 11.9 Å². The summed E-state index contributed by atoms with van der Waals surface area (Å²) in [7, 11) is 0. The van der Waals surface area contributed by atoms with Crippen molar-refractivity contribution < 1.29 is 19.4 Å². The van der Waals surface area contributed by atoms with E-state index in [9.17, 15) is 9.59 Å². The van der Waals surface area contributed by atoms with Gasteiger partial charge in [-0.15, -0.1) is 0 Å². The Morgan fingerprint density at radius 3 is 2.88 bits per heavy atom. The summed E-state index contributed by atoms with van der Waals surface area (Å²) in [5.41, 5.74) is 0.0636. The van der Waals surface area contributed by atoms with Gasteiger partial charge in [0.05, 0.1) is 17.9 Å². The second-order valence-corrected chi connectivity index (χ2v) is 4.78. The first-order valence-electron chi connectivity index (χ1n) is 4.71. The number of hydrogen-bond donors (Lipinski definition) is 1. The standard InChI is InChI=1S/C10H10BrNO4S/c1-2-16-8(13)5-17-9-7(10(14)15)3-6(11)4-12-9/h3-4H,2,5H2,1H3,(H,14,15). The number of carbonyl (C=O) groups is 2. The van der Waals surface area contributed by atoms with E-state index in [0.29, 0.717) is 16.1 Å². The molecule has 1 rings (SSSR count). The van der Waals surface area contributed by atoms with E-state index in [1.165, 1.54) is 12.3 Å². The first-order chi connectivity index (χ1) is 8.04. The normalized spacial score (nSPS) is 10.0. The number of carbonyl (C=O) groups excluding carboxylic acids is 1. The third-order valence-electron chi connectivity index (χ3n) is 1.68. The maximum absolute atomic E-state index is 11.1. The van der Waals surface area contributed by atoms with Gasteiger partial charge in [0.15, 0.2) is 0 Å². The molecule has 0 saturated heterocycles. The van der Waals surface area contributed by atoms with Crippen LogP contribution in [-0.4, -0.2) is 34.4 Å². The summed E-state index contributed by atoms with van der Waals surface area (Å²) < 4.78 is 5.32. The third kappa shape index (κ3) is 4.35. The third-order valence-corrected chi connectivity index (χ3v) is 3.09. The Labute approximate surface area is 111 Å². The summed E-state index contributed by atoms with van der Waals surface area (Å²) in [6.45, 7) is 2.02. The molecule has 92 valence electrons.